The quantitative estimate of drug-likeness (QED) is 0.510. The van der Waals surface area contributed by atoms with Gasteiger partial charge in [0.1, 0.15) is 5.78 Å². The number of ketones is 3. The summed E-state index contributed by atoms with van der Waals surface area (Å²) < 4.78 is 0.943. The molecule has 0 radical (unpaired) electrons. The lowest BCUT2D eigenvalue weighted by Gasteiger charge is -2.10. The Hall–Kier alpha value is -2.07. The van der Waals surface area contributed by atoms with Crippen LogP contribution >= 0.6 is 15.9 Å². The maximum absolute atomic E-state index is 12.6. The van der Waals surface area contributed by atoms with Crippen LogP contribution in [0.5, 0.6) is 0 Å². The number of halogens is 1. The number of hydrogen-bond acceptors (Lipinski definition) is 3. The van der Waals surface area contributed by atoms with Gasteiger partial charge in [-0.3, -0.25) is 14.4 Å². The second-order valence-corrected chi connectivity index (χ2v) is 8.09. The van der Waals surface area contributed by atoms with Crippen LogP contribution in [0.25, 0.3) is 0 Å². The molecule has 0 saturated heterocycles. The van der Waals surface area contributed by atoms with Crippen LogP contribution in [-0.4, -0.2) is 17.3 Å². The number of benzene rings is 2. The normalized spacial score (nSPS) is 19.2. The van der Waals surface area contributed by atoms with E-state index in [1.165, 1.54) is 0 Å². The lowest BCUT2D eigenvalue weighted by molar-refractivity contribution is -0.124. The van der Waals surface area contributed by atoms with E-state index < -0.39 is 0 Å². The molecule has 2 aromatic carbocycles. The summed E-state index contributed by atoms with van der Waals surface area (Å²) in [5.41, 5.74) is 1.40. The Bertz CT molecular complexity index is 811. The van der Waals surface area contributed by atoms with Crippen molar-refractivity contribution in [3.63, 3.8) is 0 Å². The fourth-order valence-corrected chi connectivity index (χ4v) is 4.02. The average molecular weight is 427 g/mol. The van der Waals surface area contributed by atoms with Crippen molar-refractivity contribution < 1.29 is 14.4 Å². The van der Waals surface area contributed by atoms with Crippen LogP contribution in [0, 0.1) is 11.8 Å². The molecule has 1 aliphatic rings. The maximum Gasteiger partial charge on any atom is 0.162 e. The summed E-state index contributed by atoms with van der Waals surface area (Å²) in [7, 11) is 0. The summed E-state index contributed by atoms with van der Waals surface area (Å²) in [5.74, 6) is 0.335. The van der Waals surface area contributed by atoms with Gasteiger partial charge in [-0.15, -0.1) is 0 Å². The fraction of sp³-hybridized carbons (Fsp3) is 0.348. The van der Waals surface area contributed by atoms with Crippen molar-refractivity contribution in [1.29, 1.82) is 0 Å². The van der Waals surface area contributed by atoms with Gasteiger partial charge in [-0.25, -0.2) is 0 Å². The van der Waals surface area contributed by atoms with Gasteiger partial charge in [0.05, 0.1) is 0 Å². The number of hydrogen-bond donors (Lipinski definition) is 0. The van der Waals surface area contributed by atoms with E-state index in [0.29, 0.717) is 36.8 Å². The summed E-state index contributed by atoms with van der Waals surface area (Å²) in [5, 5.41) is 0. The Labute approximate surface area is 168 Å². The van der Waals surface area contributed by atoms with Crippen molar-refractivity contribution >= 4 is 33.3 Å². The molecule has 0 bridgehead atoms. The van der Waals surface area contributed by atoms with E-state index in [1.54, 1.807) is 12.1 Å². The first-order chi connectivity index (χ1) is 13.0. The Balaban J connectivity index is 1.46. The van der Waals surface area contributed by atoms with Crippen molar-refractivity contribution in [2.24, 2.45) is 11.8 Å². The molecule has 3 nitrogen and oxygen atoms in total. The first-order valence-electron chi connectivity index (χ1n) is 9.45. The predicted octanol–water partition coefficient (Wildman–Crippen LogP) is 5.67. The van der Waals surface area contributed by atoms with Gasteiger partial charge in [0.25, 0.3) is 0 Å². The van der Waals surface area contributed by atoms with Gasteiger partial charge in [-0.2, -0.15) is 0 Å². The van der Waals surface area contributed by atoms with E-state index >= 15 is 0 Å². The topological polar surface area (TPSA) is 51.2 Å². The summed E-state index contributed by atoms with van der Waals surface area (Å²) in [4.78, 5) is 37.1. The Kier molecular flexibility index (Phi) is 6.73. The molecule has 3 rings (SSSR count). The van der Waals surface area contributed by atoms with Crippen molar-refractivity contribution in [2.75, 3.05) is 0 Å². The van der Waals surface area contributed by atoms with E-state index in [1.807, 2.05) is 42.5 Å². The zero-order chi connectivity index (χ0) is 19.2. The second kappa shape index (κ2) is 9.23. The molecule has 0 unspecified atom stereocenters. The Morgan fingerprint density at radius 1 is 0.778 bits per heavy atom. The molecule has 0 N–H and O–H groups in total. The molecule has 0 aliphatic heterocycles. The molecule has 1 saturated carbocycles. The van der Waals surface area contributed by atoms with Gasteiger partial charge in [0.2, 0.25) is 0 Å². The average Bonchev–Trinajstić information content (AvgIpc) is 3.05. The highest BCUT2D eigenvalue weighted by molar-refractivity contribution is 9.10. The third-order valence-corrected chi connectivity index (χ3v) is 5.90. The van der Waals surface area contributed by atoms with Crippen molar-refractivity contribution in [3.8, 4) is 0 Å². The number of carbonyl (C=O) groups is 3. The Morgan fingerprint density at radius 2 is 1.26 bits per heavy atom. The smallest absolute Gasteiger partial charge is 0.162 e. The van der Waals surface area contributed by atoms with Crippen molar-refractivity contribution in [1.82, 2.24) is 0 Å². The highest BCUT2D eigenvalue weighted by Crippen LogP contribution is 2.34. The van der Waals surface area contributed by atoms with Crippen LogP contribution < -0.4 is 0 Å². The minimum atomic E-state index is -0.0405. The van der Waals surface area contributed by atoms with Crippen LogP contribution in [0.2, 0.25) is 0 Å². The van der Waals surface area contributed by atoms with Crippen molar-refractivity contribution in [3.05, 3.63) is 70.2 Å². The Morgan fingerprint density at radius 3 is 1.78 bits per heavy atom. The molecule has 0 aromatic heterocycles. The molecule has 0 amide bonds. The lowest BCUT2D eigenvalue weighted by Crippen LogP contribution is -2.16. The molecule has 2 aromatic rings. The van der Waals surface area contributed by atoms with E-state index in [4.69, 9.17) is 0 Å². The first kappa shape index (κ1) is 19.7. The molecule has 0 heterocycles. The molecule has 0 spiro atoms. The van der Waals surface area contributed by atoms with E-state index in [2.05, 4.69) is 15.9 Å². The number of carbonyl (C=O) groups excluding carboxylic acids is 3. The molecule has 27 heavy (non-hydrogen) atoms. The van der Waals surface area contributed by atoms with Crippen LogP contribution in [0.15, 0.2) is 59.1 Å². The largest absolute Gasteiger partial charge is 0.299 e. The summed E-state index contributed by atoms with van der Waals surface area (Å²) >= 11 is 3.36. The van der Waals surface area contributed by atoms with Gasteiger partial charge in [-0.05, 0) is 37.8 Å². The molecule has 140 valence electrons. The van der Waals surface area contributed by atoms with Crippen LogP contribution in [0.1, 0.15) is 59.2 Å². The zero-order valence-corrected chi connectivity index (χ0v) is 16.8. The van der Waals surface area contributed by atoms with E-state index in [9.17, 15) is 14.4 Å². The van der Waals surface area contributed by atoms with E-state index in [0.717, 1.165) is 17.3 Å². The van der Waals surface area contributed by atoms with Crippen LogP contribution in [-0.2, 0) is 4.79 Å². The molecule has 1 fully saturated rings. The second-order valence-electron chi connectivity index (χ2n) is 7.17. The number of rotatable bonds is 8. The third-order valence-electron chi connectivity index (χ3n) is 5.37. The monoisotopic (exact) mass is 426 g/mol. The zero-order valence-electron chi connectivity index (χ0n) is 15.2. The number of Topliss-reactive ketones (excluding diaryl/α,β-unsaturated/α-hetero) is 3. The first-order valence-corrected chi connectivity index (χ1v) is 10.2. The molecule has 2 atom stereocenters. The van der Waals surface area contributed by atoms with Gasteiger partial charge < -0.3 is 0 Å². The highest BCUT2D eigenvalue weighted by Gasteiger charge is 2.34. The van der Waals surface area contributed by atoms with Gasteiger partial charge in [0.15, 0.2) is 11.6 Å². The SMILES string of the molecule is O=C(CC[C@@H]1CC[C@@H](CCC(=O)c2ccc(Br)cc2)C1=O)c1ccccc1. The van der Waals surface area contributed by atoms with Crippen LogP contribution in [0.3, 0.4) is 0 Å². The minimum absolute atomic E-state index is 0.0366. The van der Waals surface area contributed by atoms with Gasteiger partial charge >= 0.3 is 0 Å². The molecule has 1 aliphatic carbocycles. The summed E-state index contributed by atoms with van der Waals surface area (Å²) in [6, 6.07) is 16.5. The molecule has 4 heteroatoms. The predicted molar refractivity (Wildman–Crippen MR) is 109 cm³/mol. The summed E-state index contributed by atoms with van der Waals surface area (Å²) in [6.07, 6.45) is 3.69. The molecular formula is C23H23BrO3. The highest BCUT2D eigenvalue weighted by atomic mass is 79.9. The minimum Gasteiger partial charge on any atom is -0.299 e. The summed E-state index contributed by atoms with van der Waals surface area (Å²) in [6.45, 7) is 0. The standard InChI is InChI=1S/C23H23BrO3/c24-20-12-8-17(9-13-20)22(26)15-11-19-7-6-18(23(19)27)10-14-21(25)16-4-2-1-3-5-16/h1-5,8-9,12-13,18-19H,6-7,10-11,14-15H2/t18-,19-/m0/s1. The maximum atomic E-state index is 12.6. The van der Waals surface area contributed by atoms with E-state index in [-0.39, 0.29) is 29.2 Å². The fourth-order valence-electron chi connectivity index (χ4n) is 3.75. The van der Waals surface area contributed by atoms with Crippen molar-refractivity contribution in [2.45, 2.75) is 38.5 Å². The van der Waals surface area contributed by atoms with Gasteiger partial charge in [-0.1, -0.05) is 58.4 Å². The van der Waals surface area contributed by atoms with Gasteiger partial charge in [0, 0.05) is 40.3 Å². The lowest BCUT2D eigenvalue weighted by atomic mass is 9.92. The third kappa shape index (κ3) is 5.23. The molecular weight excluding hydrogens is 404 g/mol. The van der Waals surface area contributed by atoms with Crippen LogP contribution in [0.4, 0.5) is 0 Å².